The van der Waals surface area contributed by atoms with Crippen LogP contribution in [0.1, 0.15) is 11.1 Å². The van der Waals surface area contributed by atoms with Crippen molar-refractivity contribution in [2.75, 3.05) is 6.61 Å². The molecule has 0 aliphatic rings. The molecule has 1 amide bonds. The van der Waals surface area contributed by atoms with Gasteiger partial charge in [-0.05, 0) is 36.2 Å². The second kappa shape index (κ2) is 8.30. The van der Waals surface area contributed by atoms with Crippen LogP contribution in [0.2, 0.25) is 0 Å². The van der Waals surface area contributed by atoms with Gasteiger partial charge in [0.25, 0.3) is 11.1 Å². The number of para-hydroxylation sites is 1. The van der Waals surface area contributed by atoms with E-state index in [1.54, 1.807) is 6.20 Å². The molecule has 1 aromatic heterocycles. The molecule has 6 heteroatoms. The number of nitrogens with zero attached hydrogens (tertiary/aromatic N) is 1. The summed E-state index contributed by atoms with van der Waals surface area (Å²) in [5, 5.41) is 5.30. The normalized spacial score (nSPS) is 10.3. The van der Waals surface area contributed by atoms with Gasteiger partial charge in [0.05, 0.1) is 0 Å². The lowest BCUT2D eigenvalue weighted by Crippen LogP contribution is -2.28. The predicted octanol–water partition coefficient (Wildman–Crippen LogP) is 3.94. The van der Waals surface area contributed by atoms with Crippen molar-refractivity contribution in [3.63, 3.8) is 0 Å². The Morgan fingerprint density at radius 1 is 1.16 bits per heavy atom. The van der Waals surface area contributed by atoms with E-state index in [1.165, 1.54) is 11.3 Å². The van der Waals surface area contributed by atoms with Gasteiger partial charge >= 0.3 is 0 Å². The fourth-order valence-corrected chi connectivity index (χ4v) is 2.65. The Bertz CT molecular complexity index is 817. The van der Waals surface area contributed by atoms with E-state index in [4.69, 9.17) is 9.47 Å². The van der Waals surface area contributed by atoms with Crippen LogP contribution in [0.15, 0.2) is 60.1 Å². The number of carbonyl (C=O) groups is 1. The number of rotatable bonds is 7. The minimum absolute atomic E-state index is 0.00387. The van der Waals surface area contributed by atoms with Gasteiger partial charge in [0.1, 0.15) is 11.5 Å². The zero-order chi connectivity index (χ0) is 17.5. The number of benzene rings is 2. The molecular weight excluding hydrogens is 336 g/mol. The Morgan fingerprint density at radius 2 is 1.96 bits per heavy atom. The molecule has 0 spiro atoms. The molecule has 1 heterocycles. The van der Waals surface area contributed by atoms with Crippen molar-refractivity contribution in [2.45, 2.75) is 13.5 Å². The molecule has 0 saturated heterocycles. The summed E-state index contributed by atoms with van der Waals surface area (Å²) in [4.78, 5) is 16.0. The molecule has 0 saturated carbocycles. The van der Waals surface area contributed by atoms with Gasteiger partial charge in [-0.2, -0.15) is 0 Å². The van der Waals surface area contributed by atoms with Gasteiger partial charge in [0.15, 0.2) is 6.61 Å². The first-order valence-corrected chi connectivity index (χ1v) is 8.70. The SMILES string of the molecule is Cc1ccccc1OCC(=O)NCc1ccc(Oc2nccs2)cc1. The zero-order valence-corrected chi connectivity index (χ0v) is 14.6. The van der Waals surface area contributed by atoms with Crippen LogP contribution in [0.4, 0.5) is 0 Å². The van der Waals surface area contributed by atoms with Crippen molar-refractivity contribution in [2.24, 2.45) is 0 Å². The largest absolute Gasteiger partial charge is 0.484 e. The molecule has 0 atom stereocenters. The van der Waals surface area contributed by atoms with Crippen LogP contribution in [-0.4, -0.2) is 17.5 Å². The van der Waals surface area contributed by atoms with Gasteiger partial charge < -0.3 is 14.8 Å². The van der Waals surface area contributed by atoms with Crippen LogP contribution in [0.25, 0.3) is 0 Å². The van der Waals surface area contributed by atoms with E-state index in [9.17, 15) is 4.79 Å². The van der Waals surface area contributed by atoms with Gasteiger partial charge in [-0.15, -0.1) is 0 Å². The molecule has 0 aliphatic carbocycles. The molecule has 0 unspecified atom stereocenters. The maximum atomic E-state index is 11.9. The van der Waals surface area contributed by atoms with Crippen molar-refractivity contribution in [3.8, 4) is 16.7 Å². The average molecular weight is 354 g/mol. The molecule has 25 heavy (non-hydrogen) atoms. The number of nitrogens with one attached hydrogen (secondary N) is 1. The first-order chi connectivity index (χ1) is 12.2. The molecule has 0 aliphatic heterocycles. The molecule has 3 rings (SSSR count). The Hall–Kier alpha value is -2.86. The van der Waals surface area contributed by atoms with E-state index >= 15 is 0 Å². The van der Waals surface area contributed by atoms with Gasteiger partial charge in [-0.25, -0.2) is 4.98 Å². The van der Waals surface area contributed by atoms with Gasteiger partial charge in [-0.1, -0.05) is 41.7 Å². The summed E-state index contributed by atoms with van der Waals surface area (Å²) in [5.74, 6) is 1.28. The van der Waals surface area contributed by atoms with Crippen LogP contribution in [0.5, 0.6) is 16.7 Å². The maximum Gasteiger partial charge on any atom is 0.278 e. The molecule has 5 nitrogen and oxygen atoms in total. The Balaban J connectivity index is 1.45. The van der Waals surface area contributed by atoms with E-state index in [-0.39, 0.29) is 12.5 Å². The third-order valence-corrected chi connectivity index (χ3v) is 4.13. The van der Waals surface area contributed by atoms with Gasteiger partial charge in [0, 0.05) is 18.1 Å². The highest BCUT2D eigenvalue weighted by Crippen LogP contribution is 2.23. The lowest BCUT2D eigenvalue weighted by molar-refractivity contribution is -0.123. The summed E-state index contributed by atoms with van der Waals surface area (Å²) >= 11 is 1.44. The number of aromatic nitrogens is 1. The van der Waals surface area contributed by atoms with E-state index in [0.717, 1.165) is 16.9 Å². The molecule has 0 radical (unpaired) electrons. The fourth-order valence-electron chi connectivity index (χ4n) is 2.15. The van der Waals surface area contributed by atoms with Gasteiger partial charge in [0.2, 0.25) is 0 Å². The second-order valence-electron chi connectivity index (χ2n) is 5.37. The average Bonchev–Trinajstić information content (AvgIpc) is 3.13. The van der Waals surface area contributed by atoms with Crippen LogP contribution in [-0.2, 0) is 11.3 Å². The fraction of sp³-hybridized carbons (Fsp3) is 0.158. The van der Waals surface area contributed by atoms with Crippen molar-refractivity contribution in [1.82, 2.24) is 10.3 Å². The highest BCUT2D eigenvalue weighted by molar-refractivity contribution is 7.11. The second-order valence-corrected chi connectivity index (χ2v) is 6.23. The molecule has 128 valence electrons. The van der Waals surface area contributed by atoms with E-state index in [2.05, 4.69) is 10.3 Å². The van der Waals surface area contributed by atoms with Crippen molar-refractivity contribution < 1.29 is 14.3 Å². The summed E-state index contributed by atoms with van der Waals surface area (Å²) in [6.07, 6.45) is 1.70. The Labute approximate surface area is 150 Å². The minimum atomic E-state index is -0.161. The topological polar surface area (TPSA) is 60.5 Å². The number of ether oxygens (including phenoxy) is 2. The third kappa shape index (κ3) is 5.06. The lowest BCUT2D eigenvalue weighted by atomic mass is 10.2. The highest BCUT2D eigenvalue weighted by atomic mass is 32.1. The number of amides is 1. The summed E-state index contributed by atoms with van der Waals surface area (Å²) in [5.41, 5.74) is 1.99. The van der Waals surface area contributed by atoms with Gasteiger partial charge in [-0.3, -0.25) is 4.79 Å². The quantitative estimate of drug-likeness (QED) is 0.698. The zero-order valence-electron chi connectivity index (χ0n) is 13.8. The third-order valence-electron chi connectivity index (χ3n) is 3.48. The predicted molar refractivity (Wildman–Crippen MR) is 97.2 cm³/mol. The smallest absolute Gasteiger partial charge is 0.278 e. The van der Waals surface area contributed by atoms with Crippen LogP contribution >= 0.6 is 11.3 Å². The number of hydrogen-bond donors (Lipinski definition) is 1. The molecule has 2 aromatic carbocycles. The summed E-state index contributed by atoms with van der Waals surface area (Å²) in [7, 11) is 0. The summed E-state index contributed by atoms with van der Waals surface area (Å²) in [6.45, 7) is 2.38. The van der Waals surface area contributed by atoms with Crippen molar-refractivity contribution in [1.29, 1.82) is 0 Å². The molecule has 3 aromatic rings. The van der Waals surface area contributed by atoms with Crippen molar-refractivity contribution >= 4 is 17.2 Å². The molecule has 1 N–H and O–H groups in total. The lowest BCUT2D eigenvalue weighted by Gasteiger charge is -2.09. The first kappa shape index (κ1) is 17.0. The van der Waals surface area contributed by atoms with Crippen LogP contribution in [0.3, 0.4) is 0 Å². The monoisotopic (exact) mass is 354 g/mol. The minimum Gasteiger partial charge on any atom is -0.484 e. The molecular formula is C19H18N2O3S. The van der Waals surface area contributed by atoms with Crippen molar-refractivity contribution in [3.05, 3.63) is 71.2 Å². The standard InChI is InChI=1S/C19H18N2O3S/c1-14-4-2-3-5-17(14)23-13-18(22)21-12-15-6-8-16(9-7-15)24-19-20-10-11-25-19/h2-11H,12-13H2,1H3,(H,21,22). The van der Waals surface area contributed by atoms with E-state index < -0.39 is 0 Å². The maximum absolute atomic E-state index is 11.9. The highest BCUT2D eigenvalue weighted by Gasteiger charge is 2.05. The summed E-state index contributed by atoms with van der Waals surface area (Å²) in [6, 6.07) is 15.1. The van der Waals surface area contributed by atoms with Crippen LogP contribution in [0, 0.1) is 6.92 Å². The van der Waals surface area contributed by atoms with Crippen LogP contribution < -0.4 is 14.8 Å². The molecule has 0 fully saturated rings. The van der Waals surface area contributed by atoms with E-state index in [0.29, 0.717) is 17.5 Å². The number of thiazole rings is 1. The summed E-state index contributed by atoms with van der Waals surface area (Å²) < 4.78 is 11.1. The number of hydrogen-bond acceptors (Lipinski definition) is 5. The Kier molecular flexibility index (Phi) is 5.64. The Morgan fingerprint density at radius 3 is 2.68 bits per heavy atom. The van der Waals surface area contributed by atoms with E-state index in [1.807, 2.05) is 60.8 Å². The number of carbonyl (C=O) groups excluding carboxylic acids is 1. The molecule has 0 bridgehead atoms. The number of aryl methyl sites for hydroxylation is 1. The first-order valence-electron chi connectivity index (χ1n) is 7.82.